The van der Waals surface area contributed by atoms with E-state index >= 15 is 0 Å². The van der Waals surface area contributed by atoms with Gasteiger partial charge in [-0.2, -0.15) is 0 Å². The number of nitrogens with zero attached hydrogens (tertiary/aromatic N) is 1. The summed E-state index contributed by atoms with van der Waals surface area (Å²) in [5.74, 6) is 0.962. The Kier molecular flexibility index (Phi) is 7.69. The summed E-state index contributed by atoms with van der Waals surface area (Å²) in [6.45, 7) is 4.57. The van der Waals surface area contributed by atoms with Gasteiger partial charge in [-0.15, -0.1) is 24.0 Å². The lowest BCUT2D eigenvalue weighted by Crippen LogP contribution is -2.27. The molecule has 0 aromatic heterocycles. The molecule has 0 saturated heterocycles. The van der Waals surface area contributed by atoms with Crippen LogP contribution in [-0.4, -0.2) is 18.6 Å². The second-order valence-corrected chi connectivity index (χ2v) is 3.73. The Hall–Kier alpha value is -0.980. The summed E-state index contributed by atoms with van der Waals surface area (Å²) >= 11 is 0. The Balaban J connectivity index is 0.00000256. The number of nitrogens with two attached hydrogens (primary N) is 2. The van der Waals surface area contributed by atoms with Crippen molar-refractivity contribution in [3.63, 3.8) is 0 Å². The SMILES string of the molecule is CCC(CN=C(N)N)Oc1cccc(C)c1.I. The van der Waals surface area contributed by atoms with Gasteiger partial charge in [0.15, 0.2) is 5.96 Å². The van der Waals surface area contributed by atoms with Gasteiger partial charge in [-0.05, 0) is 31.0 Å². The number of rotatable bonds is 5. The van der Waals surface area contributed by atoms with E-state index < -0.39 is 0 Å². The van der Waals surface area contributed by atoms with Crippen molar-refractivity contribution >= 4 is 29.9 Å². The van der Waals surface area contributed by atoms with Gasteiger partial charge in [0.1, 0.15) is 11.9 Å². The second kappa shape index (κ2) is 8.16. The third kappa shape index (κ3) is 6.35. The predicted molar refractivity (Wildman–Crippen MR) is 82.0 cm³/mol. The van der Waals surface area contributed by atoms with E-state index in [0.717, 1.165) is 12.2 Å². The van der Waals surface area contributed by atoms with Crippen molar-refractivity contribution < 1.29 is 4.74 Å². The fraction of sp³-hybridized carbons (Fsp3) is 0.417. The van der Waals surface area contributed by atoms with Crippen LogP contribution in [0.4, 0.5) is 0 Å². The standard InChI is InChI=1S/C12H19N3O.HI/c1-3-10(8-15-12(13)14)16-11-6-4-5-9(2)7-11;/h4-7,10H,3,8H2,1-2H3,(H4,13,14,15);1H. The molecule has 0 radical (unpaired) electrons. The number of halogens is 1. The monoisotopic (exact) mass is 349 g/mol. The Morgan fingerprint density at radius 1 is 1.41 bits per heavy atom. The number of aliphatic imine (C=N–C) groups is 1. The molecule has 0 aliphatic heterocycles. The van der Waals surface area contributed by atoms with Gasteiger partial charge in [-0.25, -0.2) is 4.99 Å². The third-order valence-electron chi connectivity index (χ3n) is 2.23. The predicted octanol–water partition coefficient (Wildman–Crippen LogP) is 2.04. The van der Waals surface area contributed by atoms with Gasteiger partial charge in [0.2, 0.25) is 0 Å². The molecule has 5 heteroatoms. The highest BCUT2D eigenvalue weighted by atomic mass is 127. The fourth-order valence-corrected chi connectivity index (χ4v) is 1.34. The van der Waals surface area contributed by atoms with Gasteiger partial charge in [-0.1, -0.05) is 19.1 Å². The zero-order valence-electron chi connectivity index (χ0n) is 10.2. The lowest BCUT2D eigenvalue weighted by molar-refractivity contribution is 0.205. The van der Waals surface area contributed by atoms with Crippen LogP contribution in [-0.2, 0) is 0 Å². The van der Waals surface area contributed by atoms with Crippen LogP contribution in [0.5, 0.6) is 5.75 Å². The van der Waals surface area contributed by atoms with E-state index in [1.165, 1.54) is 5.56 Å². The molecule has 96 valence electrons. The van der Waals surface area contributed by atoms with Crippen molar-refractivity contribution in [2.75, 3.05) is 6.54 Å². The Morgan fingerprint density at radius 3 is 2.65 bits per heavy atom. The van der Waals surface area contributed by atoms with Crippen molar-refractivity contribution in [1.82, 2.24) is 0 Å². The molecule has 1 rings (SSSR count). The summed E-state index contributed by atoms with van der Waals surface area (Å²) in [6.07, 6.45) is 0.883. The van der Waals surface area contributed by atoms with E-state index in [0.29, 0.717) is 6.54 Å². The first kappa shape index (κ1) is 16.0. The van der Waals surface area contributed by atoms with Gasteiger partial charge in [0, 0.05) is 0 Å². The highest BCUT2D eigenvalue weighted by Gasteiger charge is 2.07. The van der Waals surface area contributed by atoms with Crippen molar-refractivity contribution in [2.45, 2.75) is 26.4 Å². The average molecular weight is 349 g/mol. The van der Waals surface area contributed by atoms with Crippen LogP contribution in [0, 0.1) is 6.92 Å². The molecular formula is C12H20IN3O. The highest BCUT2D eigenvalue weighted by molar-refractivity contribution is 14.0. The third-order valence-corrected chi connectivity index (χ3v) is 2.23. The summed E-state index contributed by atoms with van der Waals surface area (Å²) in [6, 6.07) is 7.94. The molecule has 0 saturated carbocycles. The van der Waals surface area contributed by atoms with Crippen LogP contribution in [0.2, 0.25) is 0 Å². The normalized spacial score (nSPS) is 11.2. The second-order valence-electron chi connectivity index (χ2n) is 3.73. The van der Waals surface area contributed by atoms with Crippen LogP contribution < -0.4 is 16.2 Å². The van der Waals surface area contributed by atoms with E-state index in [-0.39, 0.29) is 36.0 Å². The van der Waals surface area contributed by atoms with Crippen LogP contribution >= 0.6 is 24.0 Å². The molecule has 0 amide bonds. The molecule has 0 heterocycles. The lowest BCUT2D eigenvalue weighted by Gasteiger charge is -2.15. The summed E-state index contributed by atoms with van der Waals surface area (Å²) in [5.41, 5.74) is 11.7. The summed E-state index contributed by atoms with van der Waals surface area (Å²) < 4.78 is 5.78. The Labute approximate surface area is 119 Å². The molecule has 0 aliphatic rings. The first-order valence-corrected chi connectivity index (χ1v) is 5.40. The van der Waals surface area contributed by atoms with Crippen LogP contribution in [0.15, 0.2) is 29.3 Å². The van der Waals surface area contributed by atoms with E-state index in [1.807, 2.05) is 38.1 Å². The van der Waals surface area contributed by atoms with Crippen molar-refractivity contribution in [3.8, 4) is 5.75 Å². The van der Waals surface area contributed by atoms with Crippen LogP contribution in [0.3, 0.4) is 0 Å². The number of benzene rings is 1. The van der Waals surface area contributed by atoms with Gasteiger partial charge in [0.25, 0.3) is 0 Å². The molecule has 1 aromatic carbocycles. The van der Waals surface area contributed by atoms with Gasteiger partial charge in [-0.3, -0.25) is 0 Å². The van der Waals surface area contributed by atoms with E-state index in [2.05, 4.69) is 4.99 Å². The molecule has 0 fully saturated rings. The minimum absolute atomic E-state index is 0. The largest absolute Gasteiger partial charge is 0.489 e. The zero-order chi connectivity index (χ0) is 12.0. The molecule has 0 bridgehead atoms. The molecule has 4 N–H and O–H groups in total. The molecule has 0 aliphatic carbocycles. The smallest absolute Gasteiger partial charge is 0.186 e. The topological polar surface area (TPSA) is 73.6 Å². The number of hydrogen-bond acceptors (Lipinski definition) is 2. The maximum absolute atomic E-state index is 5.78. The maximum Gasteiger partial charge on any atom is 0.186 e. The van der Waals surface area contributed by atoms with E-state index in [4.69, 9.17) is 16.2 Å². The Bertz CT molecular complexity index is 365. The highest BCUT2D eigenvalue weighted by Crippen LogP contribution is 2.15. The first-order valence-electron chi connectivity index (χ1n) is 5.40. The molecular weight excluding hydrogens is 329 g/mol. The van der Waals surface area contributed by atoms with Crippen LogP contribution in [0.1, 0.15) is 18.9 Å². The van der Waals surface area contributed by atoms with Gasteiger partial charge in [0.05, 0.1) is 6.54 Å². The van der Waals surface area contributed by atoms with Gasteiger partial charge < -0.3 is 16.2 Å². The minimum atomic E-state index is 0. The molecule has 0 spiro atoms. The molecule has 17 heavy (non-hydrogen) atoms. The molecule has 4 nitrogen and oxygen atoms in total. The lowest BCUT2D eigenvalue weighted by atomic mass is 10.2. The number of hydrogen-bond donors (Lipinski definition) is 2. The molecule has 1 atom stereocenters. The maximum atomic E-state index is 5.78. The Morgan fingerprint density at radius 2 is 2.12 bits per heavy atom. The first-order chi connectivity index (χ1) is 7.61. The van der Waals surface area contributed by atoms with Crippen molar-refractivity contribution in [1.29, 1.82) is 0 Å². The summed E-state index contributed by atoms with van der Waals surface area (Å²) in [4.78, 5) is 3.96. The van der Waals surface area contributed by atoms with Crippen molar-refractivity contribution in [2.24, 2.45) is 16.5 Å². The quantitative estimate of drug-likeness (QED) is 0.485. The summed E-state index contributed by atoms with van der Waals surface area (Å²) in [5, 5.41) is 0. The number of guanidine groups is 1. The molecule has 1 unspecified atom stereocenters. The van der Waals surface area contributed by atoms with Gasteiger partial charge >= 0.3 is 0 Å². The van der Waals surface area contributed by atoms with Crippen molar-refractivity contribution in [3.05, 3.63) is 29.8 Å². The summed E-state index contributed by atoms with van der Waals surface area (Å²) in [7, 11) is 0. The van der Waals surface area contributed by atoms with Crippen LogP contribution in [0.25, 0.3) is 0 Å². The van der Waals surface area contributed by atoms with E-state index in [1.54, 1.807) is 0 Å². The average Bonchev–Trinajstić information content (AvgIpc) is 2.24. The fourth-order valence-electron chi connectivity index (χ4n) is 1.34. The minimum Gasteiger partial charge on any atom is -0.489 e. The number of aryl methyl sites for hydroxylation is 1. The number of ether oxygens (including phenoxy) is 1. The van der Waals surface area contributed by atoms with E-state index in [9.17, 15) is 0 Å². The molecule has 1 aromatic rings. The zero-order valence-corrected chi connectivity index (χ0v) is 12.5.